The fourth-order valence-corrected chi connectivity index (χ4v) is 4.24. The van der Waals surface area contributed by atoms with Gasteiger partial charge in [0.05, 0.1) is 27.3 Å². The van der Waals surface area contributed by atoms with E-state index in [1.54, 1.807) is 12.1 Å². The van der Waals surface area contributed by atoms with Gasteiger partial charge in [-0.3, -0.25) is 29.3 Å². The molecular formula is C23H18ClN3O6. The van der Waals surface area contributed by atoms with Gasteiger partial charge in [0.2, 0.25) is 0 Å². The summed E-state index contributed by atoms with van der Waals surface area (Å²) in [4.78, 5) is 62.9. The lowest BCUT2D eigenvalue weighted by Gasteiger charge is -2.30. The van der Waals surface area contributed by atoms with E-state index in [9.17, 15) is 29.3 Å². The van der Waals surface area contributed by atoms with Gasteiger partial charge in [-0.1, -0.05) is 35.9 Å². The lowest BCUT2D eigenvalue weighted by atomic mass is 9.85. The highest BCUT2D eigenvalue weighted by Gasteiger charge is 2.51. The normalized spacial score (nSPS) is 19.4. The molecule has 2 aromatic carbocycles. The molecule has 0 spiro atoms. The lowest BCUT2D eigenvalue weighted by Crippen LogP contribution is -2.52. The third-order valence-corrected chi connectivity index (χ3v) is 6.09. The standard InChI is InChI=1S/C23H18ClN3O6/c24-19-8-4-3-7-18(19)21(29)25(13-20(28)14-9-11-15(12-10-14)27(32)33)26-22(30)16-5-1-2-6-17(16)23(26)31/h1-4,7-12,16-17H,5-6,13H2/t16-,17-/m1/s1. The molecule has 0 N–H and O–H groups in total. The van der Waals surface area contributed by atoms with Gasteiger partial charge in [0.25, 0.3) is 23.4 Å². The van der Waals surface area contributed by atoms with Crippen molar-refractivity contribution < 1.29 is 24.1 Å². The first-order chi connectivity index (χ1) is 15.8. The number of rotatable bonds is 6. The third-order valence-electron chi connectivity index (χ3n) is 5.76. The molecule has 168 valence electrons. The van der Waals surface area contributed by atoms with Gasteiger partial charge in [-0.05, 0) is 37.1 Å². The minimum atomic E-state index is -0.774. The summed E-state index contributed by atoms with van der Waals surface area (Å²) < 4.78 is 0. The van der Waals surface area contributed by atoms with Gasteiger partial charge < -0.3 is 0 Å². The van der Waals surface area contributed by atoms with Gasteiger partial charge in [0.1, 0.15) is 6.54 Å². The van der Waals surface area contributed by atoms with Crippen molar-refractivity contribution in [1.29, 1.82) is 0 Å². The van der Waals surface area contributed by atoms with Crippen LogP contribution in [0.1, 0.15) is 33.6 Å². The summed E-state index contributed by atoms with van der Waals surface area (Å²) >= 11 is 6.17. The Kier molecular flexibility index (Phi) is 6.06. The van der Waals surface area contributed by atoms with Crippen LogP contribution in [0.4, 0.5) is 5.69 Å². The van der Waals surface area contributed by atoms with E-state index in [-0.39, 0.29) is 21.8 Å². The summed E-state index contributed by atoms with van der Waals surface area (Å²) in [6, 6.07) is 11.0. The second kappa shape index (κ2) is 8.95. The first kappa shape index (κ1) is 22.3. The van der Waals surface area contributed by atoms with Gasteiger partial charge in [-0.15, -0.1) is 0 Å². The average molecular weight is 468 g/mol. The Labute approximate surface area is 193 Å². The number of halogens is 1. The summed E-state index contributed by atoms with van der Waals surface area (Å²) in [5.41, 5.74) is -0.0722. The monoisotopic (exact) mass is 467 g/mol. The number of nitro groups is 1. The number of ketones is 1. The van der Waals surface area contributed by atoms with Crippen LogP contribution in [0.5, 0.6) is 0 Å². The maximum atomic E-state index is 13.4. The predicted molar refractivity (Wildman–Crippen MR) is 117 cm³/mol. The molecule has 0 radical (unpaired) electrons. The summed E-state index contributed by atoms with van der Waals surface area (Å²) in [7, 11) is 0. The molecule has 2 aromatic rings. The average Bonchev–Trinajstić information content (AvgIpc) is 3.07. The van der Waals surface area contributed by atoms with Crippen molar-refractivity contribution >= 4 is 40.8 Å². The number of carbonyl (C=O) groups excluding carboxylic acids is 4. The number of allylic oxidation sites excluding steroid dienone is 2. The summed E-state index contributed by atoms with van der Waals surface area (Å²) in [6.45, 7) is -0.619. The van der Waals surface area contributed by atoms with Gasteiger partial charge in [0.15, 0.2) is 5.78 Å². The van der Waals surface area contributed by atoms with Gasteiger partial charge >= 0.3 is 0 Å². The van der Waals surface area contributed by atoms with Crippen molar-refractivity contribution in [2.45, 2.75) is 12.8 Å². The fourth-order valence-electron chi connectivity index (χ4n) is 4.02. The van der Waals surface area contributed by atoms with Crippen molar-refractivity contribution in [3.63, 3.8) is 0 Å². The highest BCUT2D eigenvalue weighted by molar-refractivity contribution is 6.34. The topological polar surface area (TPSA) is 118 Å². The minimum absolute atomic E-state index is 0.0317. The van der Waals surface area contributed by atoms with Crippen molar-refractivity contribution in [2.24, 2.45) is 11.8 Å². The molecule has 0 saturated carbocycles. The second-order valence-electron chi connectivity index (χ2n) is 7.71. The Bertz CT molecular complexity index is 1170. The van der Waals surface area contributed by atoms with E-state index in [1.807, 2.05) is 12.2 Å². The van der Waals surface area contributed by atoms with Crippen LogP contribution < -0.4 is 0 Å². The number of hydrogen-bond acceptors (Lipinski definition) is 6. The number of Topliss-reactive ketones (excluding diaryl/α,β-unsaturated/α-hetero) is 1. The van der Waals surface area contributed by atoms with E-state index in [4.69, 9.17) is 11.6 Å². The predicted octanol–water partition coefficient (Wildman–Crippen LogP) is 3.44. The maximum absolute atomic E-state index is 13.4. The summed E-state index contributed by atoms with van der Waals surface area (Å²) in [5, 5.41) is 12.6. The van der Waals surface area contributed by atoms with E-state index < -0.39 is 46.8 Å². The van der Waals surface area contributed by atoms with E-state index >= 15 is 0 Å². The molecule has 33 heavy (non-hydrogen) atoms. The number of nitro benzene ring substituents is 1. The number of hydrazine groups is 1. The van der Waals surface area contributed by atoms with E-state index in [1.165, 1.54) is 36.4 Å². The number of nitrogens with zero attached hydrogens (tertiary/aromatic N) is 3. The van der Waals surface area contributed by atoms with E-state index in [0.717, 1.165) is 10.0 Å². The minimum Gasteiger partial charge on any atom is -0.292 e. The smallest absolute Gasteiger partial charge is 0.274 e. The van der Waals surface area contributed by atoms with Crippen LogP contribution in [0.15, 0.2) is 60.7 Å². The number of carbonyl (C=O) groups is 4. The van der Waals surface area contributed by atoms with Gasteiger partial charge in [0, 0.05) is 17.7 Å². The van der Waals surface area contributed by atoms with Crippen LogP contribution in [0.2, 0.25) is 5.02 Å². The molecule has 2 aliphatic rings. The molecule has 0 bridgehead atoms. The molecule has 1 aliphatic heterocycles. The maximum Gasteiger partial charge on any atom is 0.274 e. The Morgan fingerprint density at radius 1 is 1.00 bits per heavy atom. The van der Waals surface area contributed by atoms with Crippen LogP contribution in [0, 0.1) is 22.0 Å². The highest BCUT2D eigenvalue weighted by atomic mass is 35.5. The number of amides is 3. The molecule has 0 aromatic heterocycles. The Morgan fingerprint density at radius 2 is 1.58 bits per heavy atom. The van der Waals surface area contributed by atoms with Crippen molar-refractivity contribution in [3.8, 4) is 0 Å². The van der Waals surface area contributed by atoms with Gasteiger partial charge in [-0.2, -0.15) is 5.01 Å². The van der Waals surface area contributed by atoms with Crippen LogP contribution in [0.3, 0.4) is 0 Å². The molecule has 4 rings (SSSR count). The van der Waals surface area contributed by atoms with Crippen LogP contribution in [-0.2, 0) is 9.59 Å². The quantitative estimate of drug-likeness (QED) is 0.211. The number of imide groups is 1. The molecule has 0 unspecified atom stereocenters. The Balaban J connectivity index is 1.69. The van der Waals surface area contributed by atoms with E-state index in [2.05, 4.69) is 0 Å². The molecule has 1 fully saturated rings. The number of hydrogen-bond donors (Lipinski definition) is 0. The lowest BCUT2D eigenvalue weighted by molar-refractivity contribution is -0.384. The zero-order valence-corrected chi connectivity index (χ0v) is 18.0. The van der Waals surface area contributed by atoms with Crippen LogP contribution in [-0.4, -0.2) is 45.0 Å². The SMILES string of the molecule is O=C(CN(C(=O)c1ccccc1Cl)N1C(=O)[C@@H]2CC=CC[C@H]2C1=O)c1ccc([N+](=O)[O-])cc1. The number of fused-ring (bicyclic) bond motifs is 1. The van der Waals surface area contributed by atoms with E-state index in [0.29, 0.717) is 12.8 Å². The molecular weight excluding hydrogens is 450 g/mol. The largest absolute Gasteiger partial charge is 0.292 e. The zero-order chi connectivity index (χ0) is 23.7. The highest BCUT2D eigenvalue weighted by Crippen LogP contribution is 2.36. The molecule has 1 heterocycles. The molecule has 3 amide bonds. The second-order valence-corrected chi connectivity index (χ2v) is 8.12. The molecule has 2 atom stereocenters. The van der Waals surface area contributed by atoms with Crippen LogP contribution in [0.25, 0.3) is 0 Å². The molecule has 1 saturated heterocycles. The Morgan fingerprint density at radius 3 is 2.12 bits per heavy atom. The van der Waals surface area contributed by atoms with Crippen molar-refractivity contribution in [1.82, 2.24) is 10.0 Å². The third kappa shape index (κ3) is 4.14. The van der Waals surface area contributed by atoms with Gasteiger partial charge in [-0.25, -0.2) is 5.01 Å². The van der Waals surface area contributed by atoms with Crippen molar-refractivity contribution in [3.05, 3.63) is 86.9 Å². The fraction of sp³-hybridized carbons (Fsp3) is 0.217. The number of non-ortho nitro benzene ring substituents is 1. The molecule has 10 heteroatoms. The summed E-state index contributed by atoms with van der Waals surface area (Å²) in [5.74, 6) is -3.67. The number of benzene rings is 2. The molecule has 1 aliphatic carbocycles. The van der Waals surface area contributed by atoms with Crippen molar-refractivity contribution in [2.75, 3.05) is 6.54 Å². The zero-order valence-electron chi connectivity index (χ0n) is 17.2. The van der Waals surface area contributed by atoms with Crippen LogP contribution >= 0.6 is 11.6 Å². The first-order valence-electron chi connectivity index (χ1n) is 10.2. The summed E-state index contributed by atoms with van der Waals surface area (Å²) in [6.07, 6.45) is 4.38. The Hall–Kier alpha value is -3.85. The first-order valence-corrected chi connectivity index (χ1v) is 10.5. The molecule has 9 nitrogen and oxygen atoms in total.